The van der Waals surface area contributed by atoms with Crippen LogP contribution in [0.5, 0.6) is 5.75 Å². The first-order chi connectivity index (χ1) is 11.2. The van der Waals surface area contributed by atoms with E-state index in [2.05, 4.69) is 5.32 Å². The summed E-state index contributed by atoms with van der Waals surface area (Å²) in [5.41, 5.74) is -1.36. The summed E-state index contributed by atoms with van der Waals surface area (Å²) in [4.78, 5) is 23.1. The summed E-state index contributed by atoms with van der Waals surface area (Å²) in [6.07, 6.45) is -3.20. The van der Waals surface area contributed by atoms with Crippen molar-refractivity contribution in [3.63, 3.8) is 0 Å². The summed E-state index contributed by atoms with van der Waals surface area (Å²) in [7, 11) is 0. The third-order valence-corrected chi connectivity index (χ3v) is 4.23. The molecule has 0 bridgehead atoms. The smallest absolute Gasteiger partial charge is 0.335 e. The Hall–Kier alpha value is -2.16. The first-order valence-corrected chi connectivity index (χ1v) is 7.60. The minimum Gasteiger partial charge on any atom is -0.508 e. The summed E-state index contributed by atoms with van der Waals surface area (Å²) >= 11 is 0. The van der Waals surface area contributed by atoms with Crippen LogP contribution in [0.1, 0.15) is 24.8 Å². The van der Waals surface area contributed by atoms with Gasteiger partial charge < -0.3 is 30.8 Å². The predicted molar refractivity (Wildman–Crippen MR) is 82.2 cm³/mol. The highest BCUT2D eigenvalue weighted by Crippen LogP contribution is 2.29. The van der Waals surface area contributed by atoms with Crippen LogP contribution < -0.4 is 5.32 Å². The van der Waals surface area contributed by atoms with Crippen molar-refractivity contribution in [3.05, 3.63) is 29.8 Å². The van der Waals surface area contributed by atoms with Crippen molar-refractivity contribution in [2.75, 3.05) is 0 Å². The van der Waals surface area contributed by atoms with Crippen molar-refractivity contribution >= 4 is 11.9 Å². The van der Waals surface area contributed by atoms with Crippen LogP contribution in [0.3, 0.4) is 0 Å². The number of hydrogen-bond donors (Lipinski definition) is 6. The van der Waals surface area contributed by atoms with Crippen molar-refractivity contribution in [2.45, 2.75) is 49.5 Å². The van der Waals surface area contributed by atoms with E-state index in [9.17, 15) is 30.0 Å². The number of nitrogens with one attached hydrogen (secondary N) is 1. The van der Waals surface area contributed by atoms with Crippen molar-refractivity contribution in [1.29, 1.82) is 0 Å². The number of aliphatic hydroxyl groups excluding tert-OH is 2. The number of aliphatic hydroxyl groups is 3. The monoisotopic (exact) mass is 339 g/mol. The van der Waals surface area contributed by atoms with Gasteiger partial charge in [-0.15, -0.1) is 0 Å². The topological polar surface area (TPSA) is 147 Å². The van der Waals surface area contributed by atoms with Crippen LogP contribution in [0, 0.1) is 0 Å². The molecule has 6 N–H and O–H groups in total. The van der Waals surface area contributed by atoms with Gasteiger partial charge in [-0.3, -0.25) is 4.79 Å². The second-order valence-electron chi connectivity index (χ2n) is 6.14. The molecule has 1 aliphatic rings. The second kappa shape index (κ2) is 7.16. The minimum atomic E-state index is -2.19. The first-order valence-electron chi connectivity index (χ1n) is 7.60. The zero-order chi connectivity index (χ0) is 17.9. The molecular weight excluding hydrogens is 318 g/mol. The number of hydrogen-bond acceptors (Lipinski definition) is 6. The molecule has 0 aromatic heterocycles. The number of phenolic OH excluding ortho intramolecular Hbond substituents is 1. The van der Waals surface area contributed by atoms with E-state index >= 15 is 0 Å². The van der Waals surface area contributed by atoms with Crippen LogP contribution in [-0.2, 0) is 16.0 Å². The van der Waals surface area contributed by atoms with Gasteiger partial charge in [-0.2, -0.15) is 0 Å². The van der Waals surface area contributed by atoms with E-state index in [4.69, 9.17) is 5.11 Å². The summed E-state index contributed by atoms with van der Waals surface area (Å²) in [6.45, 7) is 0. The molecule has 0 aliphatic heterocycles. The number of rotatable bonds is 5. The van der Waals surface area contributed by atoms with Crippen molar-refractivity contribution in [2.24, 2.45) is 0 Å². The average Bonchev–Trinajstić information content (AvgIpc) is 2.51. The Morgan fingerprint density at radius 1 is 1.17 bits per heavy atom. The molecule has 1 saturated carbocycles. The van der Waals surface area contributed by atoms with Crippen molar-refractivity contribution < 1.29 is 35.1 Å². The summed E-state index contributed by atoms with van der Waals surface area (Å²) < 4.78 is 0. The average molecular weight is 339 g/mol. The van der Waals surface area contributed by atoms with Crippen molar-refractivity contribution in [1.82, 2.24) is 5.32 Å². The highest BCUT2D eigenvalue weighted by molar-refractivity contribution is 5.79. The molecule has 24 heavy (non-hydrogen) atoms. The van der Waals surface area contributed by atoms with Gasteiger partial charge in [0, 0.05) is 19.3 Å². The van der Waals surface area contributed by atoms with Crippen molar-refractivity contribution in [3.8, 4) is 5.75 Å². The van der Waals surface area contributed by atoms with E-state index in [0.717, 1.165) is 5.56 Å². The van der Waals surface area contributed by atoms with Gasteiger partial charge in [0.05, 0.1) is 12.1 Å². The predicted octanol–water partition coefficient (Wildman–Crippen LogP) is -0.859. The van der Waals surface area contributed by atoms with Gasteiger partial charge >= 0.3 is 5.97 Å². The maximum absolute atomic E-state index is 12.0. The number of amides is 1. The lowest BCUT2D eigenvalue weighted by molar-refractivity contribution is -0.175. The lowest BCUT2D eigenvalue weighted by Crippen LogP contribution is -2.61. The molecule has 0 radical (unpaired) electrons. The zero-order valence-corrected chi connectivity index (χ0v) is 12.9. The number of carbonyl (C=O) groups is 2. The Labute approximate surface area is 138 Å². The Balaban J connectivity index is 1.93. The molecular formula is C16H21NO7. The normalized spacial score (nSPS) is 29.9. The van der Waals surface area contributed by atoms with Gasteiger partial charge in [0.15, 0.2) is 5.60 Å². The van der Waals surface area contributed by atoms with E-state index in [1.54, 1.807) is 12.1 Å². The standard InChI is InChI=1S/C16H21NO7/c18-10-4-1-9(2-5-10)3-6-13(20)17-11-7-16(24,15(22)23)8-12(19)14(11)21/h1-2,4-5,11-12,14,18-19,21,24H,3,6-8H2,(H,17,20)(H,22,23)/t11-,12-,14+,16-/m1/s1. The van der Waals surface area contributed by atoms with E-state index in [0.29, 0.717) is 6.42 Å². The summed E-state index contributed by atoms with van der Waals surface area (Å²) in [6, 6.07) is 5.29. The number of carboxylic acids is 1. The molecule has 8 nitrogen and oxygen atoms in total. The number of carbonyl (C=O) groups excluding carboxylic acids is 1. The maximum atomic E-state index is 12.0. The van der Waals surface area contributed by atoms with Gasteiger partial charge in [-0.25, -0.2) is 4.79 Å². The molecule has 1 aliphatic carbocycles. The molecule has 4 atom stereocenters. The van der Waals surface area contributed by atoms with E-state index < -0.39 is 42.1 Å². The number of benzene rings is 1. The van der Waals surface area contributed by atoms with Crippen LogP contribution in [0.2, 0.25) is 0 Å². The first kappa shape index (κ1) is 18.2. The molecule has 0 unspecified atom stereocenters. The van der Waals surface area contributed by atoms with Gasteiger partial charge in [0.1, 0.15) is 11.9 Å². The number of carboxylic acid groups (broad SMARTS) is 1. The lowest BCUT2D eigenvalue weighted by Gasteiger charge is -2.40. The fraction of sp³-hybridized carbons (Fsp3) is 0.500. The fourth-order valence-electron chi connectivity index (χ4n) is 2.81. The van der Waals surface area contributed by atoms with Crippen LogP contribution in [-0.4, -0.2) is 61.3 Å². The number of phenols is 1. The van der Waals surface area contributed by atoms with Gasteiger partial charge in [-0.1, -0.05) is 12.1 Å². The molecule has 2 rings (SSSR count). The number of aryl methyl sites for hydroxylation is 1. The number of aliphatic carboxylic acids is 1. The van der Waals surface area contributed by atoms with E-state index in [-0.39, 0.29) is 18.6 Å². The zero-order valence-electron chi connectivity index (χ0n) is 12.9. The Morgan fingerprint density at radius 2 is 1.79 bits per heavy atom. The van der Waals surface area contributed by atoms with Crippen LogP contribution in [0.25, 0.3) is 0 Å². The minimum absolute atomic E-state index is 0.0790. The Kier molecular flexibility index (Phi) is 5.43. The molecule has 0 saturated heterocycles. The molecule has 8 heteroatoms. The van der Waals surface area contributed by atoms with Gasteiger partial charge in [0.25, 0.3) is 0 Å². The van der Waals surface area contributed by atoms with Crippen LogP contribution >= 0.6 is 0 Å². The fourth-order valence-corrected chi connectivity index (χ4v) is 2.81. The molecule has 132 valence electrons. The largest absolute Gasteiger partial charge is 0.508 e. The molecule has 1 fully saturated rings. The third kappa shape index (κ3) is 4.22. The second-order valence-corrected chi connectivity index (χ2v) is 6.14. The van der Waals surface area contributed by atoms with Crippen LogP contribution in [0.4, 0.5) is 0 Å². The molecule has 0 heterocycles. The summed E-state index contributed by atoms with van der Waals surface area (Å²) in [5, 5.41) is 50.4. The SMILES string of the molecule is O=C(CCc1ccc(O)cc1)N[C@@H]1C[C@](O)(C(=O)O)C[C@@H](O)[C@H]1O. The third-order valence-electron chi connectivity index (χ3n) is 4.23. The van der Waals surface area contributed by atoms with E-state index in [1.165, 1.54) is 12.1 Å². The van der Waals surface area contributed by atoms with Crippen LogP contribution in [0.15, 0.2) is 24.3 Å². The maximum Gasteiger partial charge on any atom is 0.335 e. The highest BCUT2D eigenvalue weighted by atomic mass is 16.4. The Morgan fingerprint density at radius 3 is 2.38 bits per heavy atom. The lowest BCUT2D eigenvalue weighted by atomic mass is 9.78. The highest BCUT2D eigenvalue weighted by Gasteiger charge is 2.49. The quantitative estimate of drug-likeness (QED) is 0.409. The molecule has 0 spiro atoms. The molecule has 1 aromatic carbocycles. The number of aromatic hydroxyl groups is 1. The Bertz CT molecular complexity index is 603. The molecule has 1 amide bonds. The van der Waals surface area contributed by atoms with E-state index in [1.807, 2.05) is 0 Å². The van der Waals surface area contributed by atoms with Gasteiger partial charge in [0.2, 0.25) is 5.91 Å². The van der Waals surface area contributed by atoms with Gasteiger partial charge in [-0.05, 0) is 24.1 Å². The summed E-state index contributed by atoms with van der Waals surface area (Å²) in [5.74, 6) is -1.82. The molecule has 1 aromatic rings.